The third-order valence-corrected chi connectivity index (χ3v) is 5.24. The molecule has 6 heteroatoms. The second kappa shape index (κ2) is 7.77. The summed E-state index contributed by atoms with van der Waals surface area (Å²) >= 11 is 1.48. The zero-order valence-corrected chi connectivity index (χ0v) is 14.9. The van der Waals surface area contributed by atoms with Crippen LogP contribution in [-0.2, 0) is 0 Å². The number of carbonyl (C=O) groups is 1. The molecule has 0 aliphatic carbocycles. The fraction of sp³-hybridized carbons (Fsp3) is 0.444. The van der Waals surface area contributed by atoms with Gasteiger partial charge in [-0.25, -0.2) is 4.98 Å². The molecule has 1 N–H and O–H groups in total. The Kier molecular flexibility index (Phi) is 5.48. The van der Waals surface area contributed by atoms with Crippen LogP contribution in [0.3, 0.4) is 0 Å². The van der Waals surface area contributed by atoms with Gasteiger partial charge in [-0.15, -0.1) is 11.3 Å². The summed E-state index contributed by atoms with van der Waals surface area (Å²) < 4.78 is 5.39. The second-order valence-electron chi connectivity index (χ2n) is 6.06. The summed E-state index contributed by atoms with van der Waals surface area (Å²) in [7, 11) is 3.61. The molecule has 0 spiro atoms. The Labute approximate surface area is 146 Å². The fourth-order valence-electron chi connectivity index (χ4n) is 3.18. The summed E-state index contributed by atoms with van der Waals surface area (Å²) in [5.41, 5.74) is 1.46. The van der Waals surface area contributed by atoms with Crippen LogP contribution in [0.4, 0.5) is 0 Å². The number of ether oxygens (including phenoxy) is 1. The predicted octanol–water partition coefficient (Wildman–Crippen LogP) is 2.89. The molecule has 2 heterocycles. The summed E-state index contributed by atoms with van der Waals surface area (Å²) in [6.07, 6.45) is 2.23. The third kappa shape index (κ3) is 3.60. The smallest absolute Gasteiger partial charge is 0.273 e. The van der Waals surface area contributed by atoms with Crippen molar-refractivity contribution in [3.8, 4) is 16.3 Å². The number of para-hydroxylation sites is 1. The van der Waals surface area contributed by atoms with E-state index in [-0.39, 0.29) is 5.91 Å². The molecule has 1 aliphatic heterocycles. The number of aromatic nitrogens is 1. The molecule has 5 nitrogen and oxygen atoms in total. The van der Waals surface area contributed by atoms with E-state index in [0.29, 0.717) is 11.6 Å². The van der Waals surface area contributed by atoms with Gasteiger partial charge in [0.1, 0.15) is 16.5 Å². The monoisotopic (exact) mass is 345 g/mol. The lowest BCUT2D eigenvalue weighted by molar-refractivity contribution is 0.0669. The molecule has 1 saturated heterocycles. The second-order valence-corrected chi connectivity index (χ2v) is 6.91. The third-order valence-electron chi connectivity index (χ3n) is 4.36. The molecule has 1 fully saturated rings. The Balaban J connectivity index is 1.76. The van der Waals surface area contributed by atoms with Crippen LogP contribution in [0.2, 0.25) is 0 Å². The van der Waals surface area contributed by atoms with Crippen LogP contribution in [-0.4, -0.2) is 49.6 Å². The minimum atomic E-state index is 0.0354. The average Bonchev–Trinajstić information content (AvgIpc) is 3.11. The Bertz CT molecular complexity index is 699. The highest BCUT2D eigenvalue weighted by Gasteiger charge is 2.25. The quantitative estimate of drug-likeness (QED) is 0.905. The number of nitrogens with one attached hydrogen (secondary N) is 1. The first-order valence-corrected chi connectivity index (χ1v) is 9.13. The minimum Gasteiger partial charge on any atom is -0.496 e. The summed E-state index contributed by atoms with van der Waals surface area (Å²) in [5, 5.41) is 5.88. The molecule has 0 unspecified atom stereocenters. The molecule has 1 aromatic carbocycles. The average molecular weight is 345 g/mol. The van der Waals surface area contributed by atoms with Crippen LogP contribution in [0.5, 0.6) is 5.75 Å². The van der Waals surface area contributed by atoms with Gasteiger partial charge in [-0.2, -0.15) is 0 Å². The molecule has 1 amide bonds. The predicted molar refractivity (Wildman–Crippen MR) is 96.7 cm³/mol. The topological polar surface area (TPSA) is 54.5 Å². The van der Waals surface area contributed by atoms with Crippen molar-refractivity contribution >= 4 is 17.2 Å². The van der Waals surface area contributed by atoms with Gasteiger partial charge in [-0.05, 0) is 44.5 Å². The number of amides is 1. The summed E-state index contributed by atoms with van der Waals surface area (Å²) in [6, 6.07) is 7.76. The van der Waals surface area contributed by atoms with Gasteiger partial charge >= 0.3 is 0 Å². The van der Waals surface area contributed by atoms with Crippen LogP contribution in [0.1, 0.15) is 23.3 Å². The molecule has 3 rings (SSSR count). The van der Waals surface area contributed by atoms with Crippen LogP contribution in [0.15, 0.2) is 29.6 Å². The number of rotatable bonds is 5. The molecule has 1 aliphatic rings. The molecule has 128 valence electrons. The molecule has 0 radical (unpaired) electrons. The lowest BCUT2D eigenvalue weighted by atomic mass is 9.98. The molecule has 1 atom stereocenters. The number of methoxy groups -OCH3 is 1. The highest BCUT2D eigenvalue weighted by atomic mass is 32.1. The first-order chi connectivity index (χ1) is 11.7. The largest absolute Gasteiger partial charge is 0.496 e. The van der Waals surface area contributed by atoms with Gasteiger partial charge in [0.15, 0.2) is 0 Å². The van der Waals surface area contributed by atoms with Gasteiger partial charge < -0.3 is 15.0 Å². The number of benzene rings is 1. The number of carbonyl (C=O) groups excluding carboxylic acids is 1. The molecule has 1 aromatic heterocycles. The zero-order chi connectivity index (χ0) is 16.9. The maximum atomic E-state index is 12.8. The van der Waals surface area contributed by atoms with Gasteiger partial charge in [0.05, 0.1) is 12.7 Å². The number of hydrogen-bond donors (Lipinski definition) is 1. The first kappa shape index (κ1) is 16.9. The standard InChI is InChI=1S/C18H23N3O2S/c1-19-10-13-6-5-9-21(11-13)18(22)15-12-24-17(20-15)14-7-3-4-8-16(14)23-2/h3-4,7-8,12-13,19H,5-6,9-11H2,1-2H3/t13-/m0/s1. The van der Waals surface area contributed by atoms with Gasteiger partial charge in [-0.3, -0.25) is 4.79 Å². The normalized spacial score (nSPS) is 17.8. The fourth-order valence-corrected chi connectivity index (χ4v) is 4.01. The SMILES string of the molecule is CNC[C@@H]1CCCN(C(=O)c2csc(-c3ccccc3OC)n2)C1. The van der Waals surface area contributed by atoms with Crippen molar-refractivity contribution in [2.24, 2.45) is 5.92 Å². The minimum absolute atomic E-state index is 0.0354. The zero-order valence-electron chi connectivity index (χ0n) is 14.1. The van der Waals surface area contributed by atoms with E-state index in [9.17, 15) is 4.79 Å². The van der Waals surface area contributed by atoms with E-state index in [1.807, 2.05) is 41.6 Å². The molecule has 0 bridgehead atoms. The summed E-state index contributed by atoms with van der Waals surface area (Å²) in [5.74, 6) is 1.34. The van der Waals surface area contributed by atoms with Gasteiger partial charge in [0.2, 0.25) is 0 Å². The summed E-state index contributed by atoms with van der Waals surface area (Å²) in [6.45, 7) is 2.58. The van der Waals surface area contributed by atoms with Gasteiger partial charge in [0.25, 0.3) is 5.91 Å². The van der Waals surface area contributed by atoms with E-state index in [2.05, 4.69) is 10.3 Å². The van der Waals surface area contributed by atoms with Crippen molar-refractivity contribution in [3.63, 3.8) is 0 Å². The number of nitrogens with zero attached hydrogens (tertiary/aromatic N) is 2. The maximum absolute atomic E-state index is 12.8. The van der Waals surface area contributed by atoms with E-state index >= 15 is 0 Å². The Morgan fingerprint density at radius 1 is 1.46 bits per heavy atom. The van der Waals surface area contributed by atoms with E-state index < -0.39 is 0 Å². The van der Waals surface area contributed by atoms with Crippen LogP contribution in [0, 0.1) is 5.92 Å². The van der Waals surface area contributed by atoms with Crippen molar-refractivity contribution < 1.29 is 9.53 Å². The van der Waals surface area contributed by atoms with E-state index in [1.165, 1.54) is 17.8 Å². The Hall–Kier alpha value is -1.92. The van der Waals surface area contributed by atoms with Crippen molar-refractivity contribution in [1.82, 2.24) is 15.2 Å². The molecule has 0 saturated carbocycles. The highest BCUT2D eigenvalue weighted by molar-refractivity contribution is 7.13. The maximum Gasteiger partial charge on any atom is 0.273 e. The van der Waals surface area contributed by atoms with E-state index in [0.717, 1.165) is 42.4 Å². The molecular weight excluding hydrogens is 322 g/mol. The van der Waals surface area contributed by atoms with Gasteiger partial charge in [0, 0.05) is 18.5 Å². The molecule has 24 heavy (non-hydrogen) atoms. The summed E-state index contributed by atoms with van der Waals surface area (Å²) in [4.78, 5) is 19.3. The number of thiazole rings is 1. The Morgan fingerprint density at radius 2 is 2.29 bits per heavy atom. The highest BCUT2D eigenvalue weighted by Crippen LogP contribution is 2.32. The number of hydrogen-bond acceptors (Lipinski definition) is 5. The van der Waals surface area contributed by atoms with E-state index in [4.69, 9.17) is 4.74 Å². The van der Waals surface area contributed by atoms with Crippen molar-refractivity contribution in [2.45, 2.75) is 12.8 Å². The van der Waals surface area contributed by atoms with Crippen LogP contribution >= 0.6 is 11.3 Å². The number of likely N-dealkylation sites (tertiary alicyclic amines) is 1. The van der Waals surface area contributed by atoms with E-state index in [1.54, 1.807) is 7.11 Å². The van der Waals surface area contributed by atoms with Crippen LogP contribution < -0.4 is 10.1 Å². The lowest BCUT2D eigenvalue weighted by Gasteiger charge is -2.32. The molecular formula is C18H23N3O2S. The van der Waals surface area contributed by atoms with Crippen molar-refractivity contribution in [1.29, 1.82) is 0 Å². The van der Waals surface area contributed by atoms with Crippen molar-refractivity contribution in [2.75, 3.05) is 33.8 Å². The Morgan fingerprint density at radius 3 is 3.08 bits per heavy atom. The number of piperidine rings is 1. The molecule has 2 aromatic rings. The first-order valence-electron chi connectivity index (χ1n) is 8.25. The van der Waals surface area contributed by atoms with Crippen LogP contribution in [0.25, 0.3) is 10.6 Å². The van der Waals surface area contributed by atoms with Crippen molar-refractivity contribution in [3.05, 3.63) is 35.3 Å². The lowest BCUT2D eigenvalue weighted by Crippen LogP contribution is -2.42. The van der Waals surface area contributed by atoms with Gasteiger partial charge in [-0.1, -0.05) is 12.1 Å².